The fourth-order valence-corrected chi connectivity index (χ4v) is 1.76. The van der Waals surface area contributed by atoms with Crippen molar-refractivity contribution in [3.63, 3.8) is 0 Å². The molecule has 0 bridgehead atoms. The van der Waals surface area contributed by atoms with Gasteiger partial charge in [0.15, 0.2) is 0 Å². The molecule has 1 amide bonds. The number of aryl methyl sites for hydroxylation is 2. The third kappa shape index (κ3) is 3.60. The number of amides is 1. The molecule has 0 spiro atoms. The lowest BCUT2D eigenvalue weighted by atomic mass is 10.0. The molecule has 0 saturated heterocycles. The average Bonchev–Trinajstić information content (AvgIpc) is 2.28. The minimum absolute atomic E-state index is 0.164. The number of rotatable bonds is 4. The van der Waals surface area contributed by atoms with Gasteiger partial charge in [-0.3, -0.25) is 4.79 Å². The van der Waals surface area contributed by atoms with Gasteiger partial charge >= 0.3 is 0 Å². The molecule has 0 aromatic heterocycles. The van der Waals surface area contributed by atoms with Crippen molar-refractivity contribution >= 4 is 5.91 Å². The molecule has 3 nitrogen and oxygen atoms in total. The zero-order chi connectivity index (χ0) is 12.8. The molecular formula is C14H18N2O. The van der Waals surface area contributed by atoms with Crippen LogP contribution in [0.2, 0.25) is 0 Å². The molecule has 1 aromatic carbocycles. The van der Waals surface area contributed by atoms with Gasteiger partial charge in [-0.25, -0.2) is 0 Å². The van der Waals surface area contributed by atoms with Crippen LogP contribution in [-0.2, 0) is 0 Å². The molecule has 0 aliphatic rings. The monoisotopic (exact) mass is 230 g/mol. The Balaban J connectivity index is 2.79. The van der Waals surface area contributed by atoms with Crippen molar-refractivity contribution in [3.05, 3.63) is 34.9 Å². The maximum absolute atomic E-state index is 12.0. The normalized spacial score (nSPS) is 11.6. The molecule has 1 atom stereocenters. The van der Waals surface area contributed by atoms with Crippen LogP contribution in [0.4, 0.5) is 0 Å². The maximum Gasteiger partial charge on any atom is 0.252 e. The van der Waals surface area contributed by atoms with Crippen molar-refractivity contribution in [2.45, 2.75) is 39.7 Å². The van der Waals surface area contributed by atoms with Crippen LogP contribution in [0.1, 0.15) is 41.3 Å². The Hall–Kier alpha value is -1.82. The summed E-state index contributed by atoms with van der Waals surface area (Å²) in [6.45, 7) is 5.89. The second-order valence-corrected chi connectivity index (χ2v) is 4.26. The number of nitriles is 1. The quantitative estimate of drug-likeness (QED) is 0.864. The number of benzene rings is 1. The standard InChI is InChI=1S/C14H18N2O/c1-4-5-12(9-15)16-14(17)13-7-6-10(2)8-11(13)3/h6-8,12H,4-5H2,1-3H3,(H,16,17). The highest BCUT2D eigenvalue weighted by Gasteiger charge is 2.13. The summed E-state index contributed by atoms with van der Waals surface area (Å²) in [5, 5.41) is 11.6. The molecule has 0 aliphatic carbocycles. The summed E-state index contributed by atoms with van der Waals surface area (Å²) in [5.41, 5.74) is 2.71. The van der Waals surface area contributed by atoms with Gasteiger partial charge in [0, 0.05) is 5.56 Å². The van der Waals surface area contributed by atoms with Crippen LogP contribution in [0.25, 0.3) is 0 Å². The highest BCUT2D eigenvalue weighted by molar-refractivity contribution is 5.96. The Morgan fingerprint density at radius 1 is 1.47 bits per heavy atom. The van der Waals surface area contributed by atoms with E-state index >= 15 is 0 Å². The number of nitrogens with one attached hydrogen (secondary N) is 1. The molecule has 17 heavy (non-hydrogen) atoms. The fourth-order valence-electron chi connectivity index (χ4n) is 1.76. The molecule has 0 heterocycles. The molecule has 1 N–H and O–H groups in total. The zero-order valence-corrected chi connectivity index (χ0v) is 10.6. The lowest BCUT2D eigenvalue weighted by molar-refractivity contribution is 0.0943. The molecule has 1 aromatic rings. The van der Waals surface area contributed by atoms with Gasteiger partial charge in [-0.2, -0.15) is 5.26 Å². The number of nitrogens with zero attached hydrogens (tertiary/aromatic N) is 1. The van der Waals surface area contributed by atoms with Crippen molar-refractivity contribution in [2.24, 2.45) is 0 Å². The van der Waals surface area contributed by atoms with Gasteiger partial charge in [0.25, 0.3) is 5.91 Å². The summed E-state index contributed by atoms with van der Waals surface area (Å²) < 4.78 is 0. The van der Waals surface area contributed by atoms with E-state index in [-0.39, 0.29) is 5.91 Å². The summed E-state index contributed by atoms with van der Waals surface area (Å²) in [5.74, 6) is -0.164. The maximum atomic E-state index is 12.0. The molecule has 90 valence electrons. The van der Waals surface area contributed by atoms with Crippen molar-refractivity contribution in [1.82, 2.24) is 5.32 Å². The van der Waals surface area contributed by atoms with Crippen LogP contribution >= 0.6 is 0 Å². The van der Waals surface area contributed by atoms with E-state index in [9.17, 15) is 4.79 Å². The third-order valence-electron chi connectivity index (χ3n) is 2.67. The molecule has 1 rings (SSSR count). The van der Waals surface area contributed by atoms with E-state index < -0.39 is 6.04 Å². The van der Waals surface area contributed by atoms with Crippen molar-refractivity contribution < 1.29 is 4.79 Å². The second-order valence-electron chi connectivity index (χ2n) is 4.26. The molecule has 0 aliphatic heterocycles. The van der Waals surface area contributed by atoms with E-state index in [4.69, 9.17) is 5.26 Å². The van der Waals surface area contributed by atoms with Crippen LogP contribution in [-0.4, -0.2) is 11.9 Å². The van der Waals surface area contributed by atoms with E-state index in [1.54, 1.807) is 6.07 Å². The third-order valence-corrected chi connectivity index (χ3v) is 2.67. The van der Waals surface area contributed by atoms with Gasteiger partial charge in [-0.05, 0) is 31.9 Å². The first-order valence-electron chi connectivity index (χ1n) is 5.86. The van der Waals surface area contributed by atoms with Crippen LogP contribution in [0.5, 0.6) is 0 Å². The first-order valence-corrected chi connectivity index (χ1v) is 5.86. The molecule has 0 saturated carbocycles. The summed E-state index contributed by atoms with van der Waals surface area (Å²) in [6.07, 6.45) is 1.57. The van der Waals surface area contributed by atoms with Crippen molar-refractivity contribution in [1.29, 1.82) is 5.26 Å². The molecule has 3 heteroatoms. The predicted octanol–water partition coefficient (Wildman–Crippen LogP) is 2.73. The largest absolute Gasteiger partial charge is 0.336 e. The average molecular weight is 230 g/mol. The van der Waals surface area contributed by atoms with Crippen LogP contribution in [0.3, 0.4) is 0 Å². The van der Waals surface area contributed by atoms with E-state index in [0.29, 0.717) is 12.0 Å². The second kappa shape index (κ2) is 6.05. The molecular weight excluding hydrogens is 212 g/mol. The van der Waals surface area contributed by atoms with Crippen molar-refractivity contribution in [2.75, 3.05) is 0 Å². The Labute approximate surface area is 102 Å². The first kappa shape index (κ1) is 13.2. The van der Waals surface area contributed by atoms with Crippen LogP contribution in [0.15, 0.2) is 18.2 Å². The van der Waals surface area contributed by atoms with Gasteiger partial charge in [0.05, 0.1) is 6.07 Å². The summed E-state index contributed by atoms with van der Waals surface area (Å²) in [4.78, 5) is 12.0. The fraction of sp³-hybridized carbons (Fsp3) is 0.429. The number of carbonyl (C=O) groups is 1. The minimum Gasteiger partial charge on any atom is -0.336 e. The SMILES string of the molecule is CCCC(C#N)NC(=O)c1ccc(C)cc1C. The van der Waals surface area contributed by atoms with Crippen molar-refractivity contribution in [3.8, 4) is 6.07 Å². The number of hydrogen-bond donors (Lipinski definition) is 1. The zero-order valence-electron chi connectivity index (χ0n) is 10.6. The Morgan fingerprint density at radius 3 is 2.71 bits per heavy atom. The summed E-state index contributed by atoms with van der Waals surface area (Å²) in [6, 6.07) is 7.39. The summed E-state index contributed by atoms with van der Waals surface area (Å²) in [7, 11) is 0. The molecule has 1 unspecified atom stereocenters. The predicted molar refractivity (Wildman–Crippen MR) is 67.7 cm³/mol. The summed E-state index contributed by atoms with van der Waals surface area (Å²) >= 11 is 0. The smallest absolute Gasteiger partial charge is 0.252 e. The highest BCUT2D eigenvalue weighted by atomic mass is 16.1. The Kier molecular flexibility index (Phi) is 4.71. The van der Waals surface area contributed by atoms with Crippen LogP contribution < -0.4 is 5.32 Å². The Morgan fingerprint density at radius 2 is 2.18 bits per heavy atom. The first-order chi connectivity index (χ1) is 8.08. The molecule has 0 radical (unpaired) electrons. The number of hydrogen-bond acceptors (Lipinski definition) is 2. The van der Waals surface area contributed by atoms with E-state index in [2.05, 4.69) is 11.4 Å². The Bertz CT molecular complexity index is 446. The topological polar surface area (TPSA) is 52.9 Å². The van der Waals surface area contributed by atoms with Gasteiger partial charge in [-0.15, -0.1) is 0 Å². The van der Waals surface area contributed by atoms with Gasteiger partial charge < -0.3 is 5.32 Å². The van der Waals surface area contributed by atoms with Gasteiger partial charge in [0.1, 0.15) is 6.04 Å². The molecule has 0 fully saturated rings. The number of carbonyl (C=O) groups excluding carboxylic acids is 1. The lowest BCUT2D eigenvalue weighted by Gasteiger charge is -2.12. The van der Waals surface area contributed by atoms with Gasteiger partial charge in [-0.1, -0.05) is 31.0 Å². The minimum atomic E-state index is -0.395. The van der Waals surface area contributed by atoms with Crippen LogP contribution in [0, 0.1) is 25.2 Å². The lowest BCUT2D eigenvalue weighted by Crippen LogP contribution is -2.34. The van der Waals surface area contributed by atoms with E-state index in [0.717, 1.165) is 17.5 Å². The highest BCUT2D eigenvalue weighted by Crippen LogP contribution is 2.11. The van der Waals surface area contributed by atoms with E-state index in [1.165, 1.54) is 0 Å². The van der Waals surface area contributed by atoms with Gasteiger partial charge in [0.2, 0.25) is 0 Å². The van der Waals surface area contributed by atoms with E-state index in [1.807, 2.05) is 32.9 Å².